The molecule has 3 nitrogen and oxygen atoms in total. The monoisotopic (exact) mass is 192 g/mol. The topological polar surface area (TPSA) is 38.5 Å². The first-order valence-corrected chi connectivity index (χ1v) is 4.96. The molecule has 1 atom stereocenters. The molecule has 2 N–H and O–H groups in total. The molecule has 1 aromatic carbocycles. The molecule has 76 valence electrons. The van der Waals surface area contributed by atoms with E-state index in [4.69, 9.17) is 10.6 Å². The highest BCUT2D eigenvalue weighted by atomic mass is 16.5. The van der Waals surface area contributed by atoms with Crippen LogP contribution in [-0.4, -0.2) is 18.7 Å². The smallest absolute Gasteiger partial charge is 0.118 e. The zero-order chi connectivity index (χ0) is 9.97. The lowest BCUT2D eigenvalue weighted by Gasteiger charge is -2.19. The van der Waals surface area contributed by atoms with Gasteiger partial charge in [0.15, 0.2) is 0 Å². The first-order chi connectivity index (χ1) is 6.81. The van der Waals surface area contributed by atoms with Crippen LogP contribution in [0.1, 0.15) is 24.4 Å². The van der Waals surface area contributed by atoms with Crippen molar-refractivity contribution >= 4 is 0 Å². The van der Waals surface area contributed by atoms with Gasteiger partial charge in [-0.05, 0) is 30.5 Å². The van der Waals surface area contributed by atoms with Crippen LogP contribution in [-0.2, 0) is 0 Å². The number of hydrogen-bond donors (Lipinski definition) is 1. The van der Waals surface area contributed by atoms with E-state index in [1.807, 2.05) is 17.1 Å². The minimum absolute atomic E-state index is 0.390. The second kappa shape index (κ2) is 3.98. The third-order valence-corrected chi connectivity index (χ3v) is 2.79. The van der Waals surface area contributed by atoms with Gasteiger partial charge < -0.3 is 4.74 Å². The van der Waals surface area contributed by atoms with E-state index in [0.717, 1.165) is 18.7 Å². The Morgan fingerprint density at radius 2 is 2.07 bits per heavy atom. The molecular weight excluding hydrogens is 176 g/mol. The van der Waals surface area contributed by atoms with E-state index in [1.165, 1.54) is 12.0 Å². The maximum Gasteiger partial charge on any atom is 0.118 e. The van der Waals surface area contributed by atoms with Crippen molar-refractivity contribution < 1.29 is 4.74 Å². The Morgan fingerprint density at radius 3 is 2.57 bits per heavy atom. The van der Waals surface area contributed by atoms with Crippen LogP contribution >= 0.6 is 0 Å². The highest BCUT2D eigenvalue weighted by Crippen LogP contribution is 2.29. The van der Waals surface area contributed by atoms with Crippen molar-refractivity contribution in [2.75, 3.05) is 13.7 Å². The van der Waals surface area contributed by atoms with Crippen molar-refractivity contribution in [1.82, 2.24) is 5.01 Å². The third kappa shape index (κ3) is 1.74. The Kier molecular flexibility index (Phi) is 2.70. The lowest BCUT2D eigenvalue weighted by Crippen LogP contribution is -2.30. The van der Waals surface area contributed by atoms with E-state index < -0.39 is 0 Å². The zero-order valence-electron chi connectivity index (χ0n) is 8.44. The fourth-order valence-corrected chi connectivity index (χ4v) is 1.97. The van der Waals surface area contributed by atoms with Crippen LogP contribution in [0.15, 0.2) is 24.3 Å². The molecule has 1 aliphatic heterocycles. The molecule has 0 aliphatic carbocycles. The summed E-state index contributed by atoms with van der Waals surface area (Å²) in [6.45, 7) is 0.997. The second-order valence-corrected chi connectivity index (χ2v) is 3.67. The summed E-state index contributed by atoms with van der Waals surface area (Å²) in [4.78, 5) is 0. The molecule has 1 unspecified atom stereocenters. The number of nitrogens with two attached hydrogens (primary N) is 1. The van der Waals surface area contributed by atoms with Crippen LogP contribution in [0.5, 0.6) is 5.75 Å². The van der Waals surface area contributed by atoms with E-state index >= 15 is 0 Å². The van der Waals surface area contributed by atoms with Gasteiger partial charge in [0, 0.05) is 12.6 Å². The number of rotatable bonds is 2. The minimum atomic E-state index is 0.390. The predicted molar refractivity (Wildman–Crippen MR) is 55.9 cm³/mol. The number of methoxy groups -OCH3 is 1. The Labute approximate surface area is 84.4 Å². The molecule has 14 heavy (non-hydrogen) atoms. The summed E-state index contributed by atoms with van der Waals surface area (Å²) < 4.78 is 5.11. The van der Waals surface area contributed by atoms with Gasteiger partial charge >= 0.3 is 0 Å². The van der Waals surface area contributed by atoms with Crippen LogP contribution in [0.4, 0.5) is 0 Å². The van der Waals surface area contributed by atoms with Gasteiger partial charge in [-0.3, -0.25) is 5.84 Å². The largest absolute Gasteiger partial charge is 0.497 e. The molecule has 1 heterocycles. The van der Waals surface area contributed by atoms with Crippen LogP contribution in [0, 0.1) is 0 Å². The predicted octanol–water partition coefficient (Wildman–Crippen LogP) is 1.71. The maximum absolute atomic E-state index is 5.88. The number of hydrogen-bond acceptors (Lipinski definition) is 3. The van der Waals surface area contributed by atoms with E-state index in [1.54, 1.807) is 7.11 Å². The zero-order valence-corrected chi connectivity index (χ0v) is 8.44. The van der Waals surface area contributed by atoms with Crippen molar-refractivity contribution in [3.63, 3.8) is 0 Å². The summed E-state index contributed by atoms with van der Waals surface area (Å²) in [5.74, 6) is 6.78. The van der Waals surface area contributed by atoms with Crippen LogP contribution in [0.2, 0.25) is 0 Å². The molecule has 0 amide bonds. The molecule has 3 heteroatoms. The summed E-state index contributed by atoms with van der Waals surface area (Å²) >= 11 is 0. The molecule has 1 fully saturated rings. The number of benzene rings is 1. The Balaban J connectivity index is 2.16. The summed E-state index contributed by atoms with van der Waals surface area (Å²) in [6.07, 6.45) is 2.34. The summed E-state index contributed by atoms with van der Waals surface area (Å²) in [5, 5.41) is 1.92. The Hall–Kier alpha value is -1.06. The van der Waals surface area contributed by atoms with Gasteiger partial charge in [-0.25, -0.2) is 5.01 Å². The lowest BCUT2D eigenvalue weighted by atomic mass is 10.1. The van der Waals surface area contributed by atoms with Gasteiger partial charge in [0.25, 0.3) is 0 Å². The molecule has 0 spiro atoms. The van der Waals surface area contributed by atoms with E-state index in [0.29, 0.717) is 6.04 Å². The fraction of sp³-hybridized carbons (Fsp3) is 0.455. The molecule has 1 saturated heterocycles. The molecule has 1 aliphatic rings. The number of nitrogens with zero attached hydrogens (tertiary/aromatic N) is 1. The standard InChI is InChI=1S/C11H16N2O/c1-14-10-6-4-9(5-7-10)11-3-2-8-13(11)12/h4-7,11H,2-3,8,12H2,1H3. The quantitative estimate of drug-likeness (QED) is 0.725. The maximum atomic E-state index is 5.88. The lowest BCUT2D eigenvalue weighted by molar-refractivity contribution is 0.266. The first-order valence-electron chi connectivity index (χ1n) is 4.96. The molecule has 0 saturated carbocycles. The van der Waals surface area contributed by atoms with Crippen molar-refractivity contribution in [1.29, 1.82) is 0 Å². The highest BCUT2D eigenvalue weighted by Gasteiger charge is 2.22. The second-order valence-electron chi connectivity index (χ2n) is 3.67. The van der Waals surface area contributed by atoms with Gasteiger partial charge in [0.1, 0.15) is 5.75 Å². The van der Waals surface area contributed by atoms with Gasteiger partial charge in [0.2, 0.25) is 0 Å². The molecule has 0 radical (unpaired) electrons. The molecular formula is C11H16N2O. The Bertz CT molecular complexity index is 297. The van der Waals surface area contributed by atoms with Crippen LogP contribution in [0.3, 0.4) is 0 Å². The van der Waals surface area contributed by atoms with Gasteiger partial charge in [-0.15, -0.1) is 0 Å². The summed E-state index contributed by atoms with van der Waals surface area (Å²) in [7, 11) is 1.68. The Morgan fingerprint density at radius 1 is 1.36 bits per heavy atom. The van der Waals surface area contributed by atoms with Crippen molar-refractivity contribution in [3.05, 3.63) is 29.8 Å². The van der Waals surface area contributed by atoms with Gasteiger partial charge in [0.05, 0.1) is 7.11 Å². The fourth-order valence-electron chi connectivity index (χ4n) is 1.97. The highest BCUT2D eigenvalue weighted by molar-refractivity contribution is 5.29. The van der Waals surface area contributed by atoms with Crippen molar-refractivity contribution in [3.8, 4) is 5.75 Å². The average molecular weight is 192 g/mol. The SMILES string of the molecule is COc1ccc(C2CCCN2N)cc1. The third-order valence-electron chi connectivity index (χ3n) is 2.79. The molecule has 1 aromatic rings. The van der Waals surface area contributed by atoms with Crippen LogP contribution in [0.25, 0.3) is 0 Å². The molecule has 0 aromatic heterocycles. The van der Waals surface area contributed by atoms with Gasteiger partial charge in [-0.2, -0.15) is 0 Å². The first kappa shape index (κ1) is 9.49. The number of hydrazine groups is 1. The molecule has 2 rings (SSSR count). The van der Waals surface area contributed by atoms with E-state index in [9.17, 15) is 0 Å². The van der Waals surface area contributed by atoms with Crippen molar-refractivity contribution in [2.45, 2.75) is 18.9 Å². The van der Waals surface area contributed by atoms with E-state index in [2.05, 4.69) is 12.1 Å². The normalized spacial score (nSPS) is 22.6. The van der Waals surface area contributed by atoms with Crippen LogP contribution < -0.4 is 10.6 Å². The average Bonchev–Trinajstić information content (AvgIpc) is 2.65. The summed E-state index contributed by atoms with van der Waals surface area (Å²) in [6, 6.07) is 8.55. The van der Waals surface area contributed by atoms with Crippen molar-refractivity contribution in [2.24, 2.45) is 5.84 Å². The minimum Gasteiger partial charge on any atom is -0.497 e. The van der Waals surface area contributed by atoms with E-state index in [-0.39, 0.29) is 0 Å². The number of ether oxygens (including phenoxy) is 1. The summed E-state index contributed by atoms with van der Waals surface area (Å²) in [5.41, 5.74) is 1.28. The molecule has 0 bridgehead atoms. The van der Waals surface area contributed by atoms with Gasteiger partial charge in [-0.1, -0.05) is 12.1 Å².